The molecule has 1 amide bonds. The van der Waals surface area contributed by atoms with E-state index in [1.807, 2.05) is 0 Å². The van der Waals surface area contributed by atoms with Crippen molar-refractivity contribution in [2.45, 2.75) is 44.4 Å². The van der Waals surface area contributed by atoms with E-state index in [4.69, 9.17) is 0 Å². The van der Waals surface area contributed by atoms with Crippen LogP contribution in [-0.4, -0.2) is 35.0 Å². The standard InChI is InChI=1S/C21H20F3N5O3S2/c1-3-34(31,32)14-6-4-13(5-7-14)9-18(30)28-20-26-15-10-29(11-16(15)33-20)19-25-12(2)8-17(27-19)21(22,23)24/h4-8H,3,9-11H2,1-2H3,(H,26,28,30). The zero-order valence-electron chi connectivity index (χ0n) is 18.2. The average molecular weight is 512 g/mol. The molecular formula is C21H20F3N5O3S2. The number of carbonyl (C=O) groups is 1. The molecule has 3 aromatic rings. The van der Waals surface area contributed by atoms with Crippen LogP contribution in [0.25, 0.3) is 0 Å². The van der Waals surface area contributed by atoms with Crippen LogP contribution in [0.3, 0.4) is 0 Å². The second-order valence-corrected chi connectivity index (χ2v) is 11.1. The van der Waals surface area contributed by atoms with Gasteiger partial charge in [0.2, 0.25) is 11.9 Å². The van der Waals surface area contributed by atoms with Crippen LogP contribution in [0.15, 0.2) is 35.2 Å². The number of amides is 1. The lowest BCUT2D eigenvalue weighted by Crippen LogP contribution is -2.21. The monoisotopic (exact) mass is 511 g/mol. The van der Waals surface area contributed by atoms with Gasteiger partial charge in [-0.25, -0.2) is 23.4 Å². The molecule has 0 spiro atoms. The molecular weight excluding hydrogens is 491 g/mol. The summed E-state index contributed by atoms with van der Waals surface area (Å²) < 4.78 is 63.0. The Morgan fingerprint density at radius 2 is 1.85 bits per heavy atom. The summed E-state index contributed by atoms with van der Waals surface area (Å²) in [6, 6.07) is 7.05. The minimum absolute atomic E-state index is 0.00152. The molecule has 0 saturated heterocycles. The van der Waals surface area contributed by atoms with Gasteiger partial charge in [-0.2, -0.15) is 13.2 Å². The van der Waals surface area contributed by atoms with E-state index in [1.54, 1.807) is 24.0 Å². The number of thiazole rings is 1. The summed E-state index contributed by atoms with van der Waals surface area (Å²) in [5.74, 6) is -0.331. The van der Waals surface area contributed by atoms with E-state index in [0.29, 0.717) is 16.4 Å². The predicted molar refractivity (Wildman–Crippen MR) is 120 cm³/mol. The molecule has 0 radical (unpaired) electrons. The van der Waals surface area contributed by atoms with Crippen LogP contribution >= 0.6 is 11.3 Å². The van der Waals surface area contributed by atoms with E-state index in [0.717, 1.165) is 10.9 Å². The van der Waals surface area contributed by atoms with E-state index >= 15 is 0 Å². The van der Waals surface area contributed by atoms with E-state index in [-0.39, 0.29) is 47.7 Å². The van der Waals surface area contributed by atoms with Gasteiger partial charge in [0.05, 0.1) is 40.7 Å². The van der Waals surface area contributed by atoms with E-state index < -0.39 is 21.7 Å². The van der Waals surface area contributed by atoms with E-state index in [9.17, 15) is 26.4 Å². The summed E-state index contributed by atoms with van der Waals surface area (Å²) in [5, 5.41) is 3.11. The number of nitrogens with zero attached hydrogens (tertiary/aromatic N) is 4. The Labute approximate surface area is 197 Å². The molecule has 0 bridgehead atoms. The Kier molecular flexibility index (Phi) is 6.34. The maximum absolute atomic E-state index is 13.1. The number of fused-ring (bicyclic) bond motifs is 1. The first-order chi connectivity index (χ1) is 15.9. The first-order valence-electron chi connectivity index (χ1n) is 10.2. The highest BCUT2D eigenvalue weighted by molar-refractivity contribution is 7.91. The van der Waals surface area contributed by atoms with Crippen molar-refractivity contribution < 1.29 is 26.4 Å². The summed E-state index contributed by atoms with van der Waals surface area (Å²) in [7, 11) is -3.30. The van der Waals surface area contributed by atoms with Gasteiger partial charge in [0.25, 0.3) is 0 Å². The highest BCUT2D eigenvalue weighted by Crippen LogP contribution is 2.34. The van der Waals surface area contributed by atoms with Gasteiger partial charge in [-0.15, -0.1) is 0 Å². The van der Waals surface area contributed by atoms with Crippen LogP contribution in [0.5, 0.6) is 0 Å². The molecule has 8 nitrogen and oxygen atoms in total. The van der Waals surface area contributed by atoms with Crippen LogP contribution in [-0.2, 0) is 40.3 Å². The van der Waals surface area contributed by atoms with Crippen molar-refractivity contribution in [2.24, 2.45) is 0 Å². The van der Waals surface area contributed by atoms with Gasteiger partial charge < -0.3 is 10.2 Å². The predicted octanol–water partition coefficient (Wildman–Crippen LogP) is 3.76. The molecule has 2 aromatic heterocycles. The number of halogens is 3. The Bertz CT molecular complexity index is 1320. The normalized spacial score (nSPS) is 13.7. The lowest BCUT2D eigenvalue weighted by atomic mass is 10.1. The van der Waals surface area contributed by atoms with Gasteiger partial charge in [-0.1, -0.05) is 30.4 Å². The van der Waals surface area contributed by atoms with Crippen molar-refractivity contribution >= 4 is 38.2 Å². The molecule has 3 heterocycles. The van der Waals surface area contributed by atoms with Crippen molar-refractivity contribution in [1.29, 1.82) is 0 Å². The lowest BCUT2D eigenvalue weighted by Gasteiger charge is -2.17. The zero-order chi connectivity index (χ0) is 24.7. The Balaban J connectivity index is 1.39. The van der Waals surface area contributed by atoms with Gasteiger partial charge in [-0.3, -0.25) is 4.79 Å². The van der Waals surface area contributed by atoms with Gasteiger partial charge >= 0.3 is 6.18 Å². The van der Waals surface area contributed by atoms with Crippen LogP contribution < -0.4 is 10.2 Å². The summed E-state index contributed by atoms with van der Waals surface area (Å²) in [5.41, 5.74) is 0.522. The number of aromatic nitrogens is 3. The number of hydrogen-bond donors (Lipinski definition) is 1. The highest BCUT2D eigenvalue weighted by atomic mass is 32.2. The molecule has 34 heavy (non-hydrogen) atoms. The molecule has 1 aromatic carbocycles. The van der Waals surface area contributed by atoms with Gasteiger partial charge in [0, 0.05) is 5.69 Å². The molecule has 180 valence electrons. The first-order valence-corrected chi connectivity index (χ1v) is 12.7. The number of nitrogens with one attached hydrogen (secondary N) is 1. The minimum Gasteiger partial charge on any atom is -0.330 e. The molecule has 1 aliphatic heterocycles. The van der Waals surface area contributed by atoms with Crippen molar-refractivity contribution in [3.05, 3.63) is 57.9 Å². The molecule has 1 aliphatic rings. The second kappa shape index (κ2) is 8.95. The molecule has 0 aliphatic carbocycles. The molecule has 0 saturated carbocycles. The van der Waals surface area contributed by atoms with Crippen molar-refractivity contribution in [2.75, 3.05) is 16.0 Å². The van der Waals surface area contributed by atoms with Crippen LogP contribution in [0.2, 0.25) is 0 Å². The number of hydrogen-bond acceptors (Lipinski definition) is 8. The quantitative estimate of drug-likeness (QED) is 0.537. The largest absolute Gasteiger partial charge is 0.433 e. The number of anilines is 2. The van der Waals surface area contributed by atoms with Crippen molar-refractivity contribution in [1.82, 2.24) is 15.0 Å². The third kappa shape index (κ3) is 5.20. The minimum atomic E-state index is -4.56. The Morgan fingerprint density at radius 1 is 1.15 bits per heavy atom. The van der Waals surface area contributed by atoms with Crippen molar-refractivity contribution in [3.8, 4) is 0 Å². The fraction of sp³-hybridized carbons (Fsp3) is 0.333. The third-order valence-corrected chi connectivity index (χ3v) is 7.89. The van der Waals surface area contributed by atoms with E-state index in [1.165, 1.54) is 30.4 Å². The Hall–Kier alpha value is -3.06. The number of carbonyl (C=O) groups excluding carboxylic acids is 1. The molecule has 0 atom stereocenters. The number of rotatable bonds is 6. The van der Waals surface area contributed by atoms with Gasteiger partial charge in [-0.05, 0) is 30.7 Å². The number of benzene rings is 1. The fourth-order valence-electron chi connectivity index (χ4n) is 3.41. The number of alkyl halides is 3. The fourth-order valence-corrected chi connectivity index (χ4v) is 5.29. The van der Waals surface area contributed by atoms with Crippen LogP contribution in [0, 0.1) is 6.92 Å². The Morgan fingerprint density at radius 3 is 2.47 bits per heavy atom. The molecule has 4 rings (SSSR count). The smallest absolute Gasteiger partial charge is 0.330 e. The van der Waals surface area contributed by atoms with Crippen molar-refractivity contribution in [3.63, 3.8) is 0 Å². The first kappa shape index (κ1) is 24.1. The molecule has 0 fully saturated rings. The molecule has 1 N–H and O–H groups in total. The van der Waals surface area contributed by atoms with Crippen LogP contribution in [0.1, 0.15) is 34.4 Å². The maximum atomic E-state index is 13.1. The van der Waals surface area contributed by atoms with Gasteiger partial charge in [0.15, 0.2) is 15.0 Å². The molecule has 0 unspecified atom stereocenters. The summed E-state index contributed by atoms with van der Waals surface area (Å²) in [6.07, 6.45) is -4.52. The average Bonchev–Trinajstić information content (AvgIpc) is 3.31. The van der Waals surface area contributed by atoms with Gasteiger partial charge in [0.1, 0.15) is 5.69 Å². The SMILES string of the molecule is CCS(=O)(=O)c1ccc(CC(=O)Nc2nc3c(s2)CN(c2nc(C)cc(C(F)(F)F)n2)C3)cc1. The van der Waals surface area contributed by atoms with Crippen LogP contribution in [0.4, 0.5) is 24.3 Å². The lowest BCUT2D eigenvalue weighted by molar-refractivity contribution is -0.141. The molecule has 13 heteroatoms. The summed E-state index contributed by atoms with van der Waals surface area (Å²) in [4.78, 5) is 27.2. The third-order valence-electron chi connectivity index (χ3n) is 5.14. The highest BCUT2D eigenvalue weighted by Gasteiger charge is 2.35. The zero-order valence-corrected chi connectivity index (χ0v) is 19.8. The summed E-state index contributed by atoms with van der Waals surface area (Å²) in [6.45, 7) is 3.57. The topological polar surface area (TPSA) is 105 Å². The summed E-state index contributed by atoms with van der Waals surface area (Å²) >= 11 is 1.24. The maximum Gasteiger partial charge on any atom is 0.433 e. The number of aryl methyl sites for hydroxylation is 1. The second-order valence-electron chi connectivity index (χ2n) is 7.71. The van der Waals surface area contributed by atoms with E-state index in [2.05, 4.69) is 20.3 Å². The number of sulfone groups is 1.